The second kappa shape index (κ2) is 5.65. The number of hydrogen-bond acceptors (Lipinski definition) is 5. The maximum absolute atomic E-state index is 13.8. The van der Waals surface area contributed by atoms with Crippen LogP contribution in [-0.2, 0) is 0 Å². The van der Waals surface area contributed by atoms with E-state index in [1.165, 1.54) is 12.1 Å². The number of rotatable bonds is 4. The highest BCUT2D eigenvalue weighted by molar-refractivity contribution is 7.99. The van der Waals surface area contributed by atoms with Gasteiger partial charge in [-0.25, -0.2) is 13.8 Å². The van der Waals surface area contributed by atoms with Gasteiger partial charge in [-0.3, -0.25) is 5.10 Å². The molecular formula is C13H11F2N5S. The molecule has 0 aliphatic rings. The second-order valence-corrected chi connectivity index (χ2v) is 5.22. The molecule has 2 aromatic heterocycles. The average Bonchev–Trinajstić information content (AvgIpc) is 2.91. The topological polar surface area (TPSA) is 66.5 Å². The van der Waals surface area contributed by atoms with E-state index in [0.717, 1.165) is 17.8 Å². The number of anilines is 1. The molecule has 0 saturated heterocycles. The summed E-state index contributed by atoms with van der Waals surface area (Å²) in [7, 11) is 0. The Kier molecular flexibility index (Phi) is 3.70. The summed E-state index contributed by atoms with van der Waals surface area (Å²) in [6.45, 7) is 2.58. The highest BCUT2D eigenvalue weighted by Gasteiger charge is 2.13. The number of benzene rings is 1. The Morgan fingerprint density at radius 1 is 1.29 bits per heavy atom. The van der Waals surface area contributed by atoms with Gasteiger partial charge >= 0.3 is 0 Å². The van der Waals surface area contributed by atoms with Crippen molar-refractivity contribution in [1.29, 1.82) is 0 Å². The predicted molar refractivity (Wildman–Crippen MR) is 76.3 cm³/mol. The maximum Gasteiger partial charge on any atom is 0.225 e. The van der Waals surface area contributed by atoms with Crippen LogP contribution in [0.3, 0.4) is 0 Å². The third-order valence-corrected chi connectivity index (χ3v) is 3.77. The van der Waals surface area contributed by atoms with Crippen molar-refractivity contribution < 1.29 is 8.78 Å². The Bertz CT molecular complexity index is 789. The normalized spacial score (nSPS) is 11.0. The molecule has 5 nitrogen and oxygen atoms in total. The SMILES string of the molecule is CCNc1nc(Sc2ccc(F)cc2F)c2cn[nH]c2n1. The van der Waals surface area contributed by atoms with Gasteiger partial charge in [0.15, 0.2) is 5.65 Å². The van der Waals surface area contributed by atoms with Crippen LogP contribution in [0.5, 0.6) is 0 Å². The summed E-state index contributed by atoms with van der Waals surface area (Å²) in [4.78, 5) is 8.89. The van der Waals surface area contributed by atoms with E-state index in [9.17, 15) is 8.78 Å². The first-order valence-corrected chi connectivity index (χ1v) is 7.07. The van der Waals surface area contributed by atoms with Crippen molar-refractivity contribution in [2.24, 2.45) is 0 Å². The van der Waals surface area contributed by atoms with Gasteiger partial charge in [-0.15, -0.1) is 0 Å². The predicted octanol–water partition coefficient (Wildman–Crippen LogP) is 3.21. The first kappa shape index (κ1) is 13.7. The summed E-state index contributed by atoms with van der Waals surface area (Å²) in [5, 5.41) is 10.9. The number of hydrogen-bond donors (Lipinski definition) is 2. The maximum atomic E-state index is 13.8. The molecular weight excluding hydrogens is 296 g/mol. The number of aromatic nitrogens is 4. The molecule has 2 heterocycles. The summed E-state index contributed by atoms with van der Waals surface area (Å²) >= 11 is 1.10. The lowest BCUT2D eigenvalue weighted by atomic mass is 10.3. The average molecular weight is 307 g/mol. The van der Waals surface area contributed by atoms with E-state index in [1.54, 1.807) is 6.20 Å². The summed E-state index contributed by atoms with van der Waals surface area (Å²) in [5.41, 5.74) is 0.561. The summed E-state index contributed by atoms with van der Waals surface area (Å²) in [6, 6.07) is 3.45. The van der Waals surface area contributed by atoms with E-state index in [-0.39, 0.29) is 0 Å². The number of aromatic amines is 1. The zero-order chi connectivity index (χ0) is 14.8. The molecule has 0 saturated carbocycles. The Balaban J connectivity index is 2.04. The number of H-pyrrole nitrogens is 1. The van der Waals surface area contributed by atoms with Crippen molar-refractivity contribution in [3.8, 4) is 0 Å². The minimum absolute atomic E-state index is 0.292. The number of nitrogens with zero attached hydrogens (tertiary/aromatic N) is 3. The van der Waals surface area contributed by atoms with Gasteiger partial charge in [0.2, 0.25) is 5.95 Å². The number of fused-ring (bicyclic) bond motifs is 1. The Hall–Kier alpha value is -2.22. The molecule has 0 fully saturated rings. The van der Waals surface area contributed by atoms with Gasteiger partial charge in [0.25, 0.3) is 0 Å². The van der Waals surface area contributed by atoms with Crippen molar-refractivity contribution in [2.45, 2.75) is 16.8 Å². The molecule has 0 unspecified atom stereocenters. The Labute approximate surface area is 123 Å². The van der Waals surface area contributed by atoms with Crippen LogP contribution < -0.4 is 5.32 Å². The van der Waals surface area contributed by atoms with Crippen LogP contribution in [0.25, 0.3) is 11.0 Å². The summed E-state index contributed by atoms with van der Waals surface area (Å²) in [5.74, 6) is -0.805. The number of nitrogens with one attached hydrogen (secondary N) is 2. The van der Waals surface area contributed by atoms with Gasteiger partial charge < -0.3 is 5.32 Å². The summed E-state index contributed by atoms with van der Waals surface area (Å²) < 4.78 is 26.7. The highest BCUT2D eigenvalue weighted by atomic mass is 32.2. The van der Waals surface area contributed by atoms with Gasteiger partial charge in [-0.1, -0.05) is 11.8 Å². The van der Waals surface area contributed by atoms with Crippen LogP contribution in [-0.4, -0.2) is 26.7 Å². The first-order valence-electron chi connectivity index (χ1n) is 6.25. The molecule has 2 N–H and O–H groups in total. The van der Waals surface area contributed by atoms with Gasteiger partial charge in [-0.05, 0) is 19.1 Å². The van der Waals surface area contributed by atoms with Crippen LogP contribution in [0.2, 0.25) is 0 Å². The lowest BCUT2D eigenvalue weighted by Gasteiger charge is -2.06. The Morgan fingerprint density at radius 2 is 2.14 bits per heavy atom. The molecule has 0 radical (unpaired) electrons. The largest absolute Gasteiger partial charge is 0.354 e. The molecule has 3 aromatic rings. The minimum atomic E-state index is -0.625. The fourth-order valence-corrected chi connectivity index (χ4v) is 2.68. The molecule has 0 aliphatic carbocycles. The van der Waals surface area contributed by atoms with Crippen LogP contribution in [0.15, 0.2) is 34.3 Å². The summed E-state index contributed by atoms with van der Waals surface area (Å²) in [6.07, 6.45) is 1.58. The molecule has 0 atom stereocenters. The second-order valence-electron chi connectivity index (χ2n) is 4.19. The lowest BCUT2D eigenvalue weighted by Crippen LogP contribution is -2.03. The van der Waals surface area contributed by atoms with E-state index in [0.29, 0.717) is 33.4 Å². The smallest absolute Gasteiger partial charge is 0.225 e. The monoisotopic (exact) mass is 307 g/mol. The van der Waals surface area contributed by atoms with Crippen molar-refractivity contribution in [3.63, 3.8) is 0 Å². The molecule has 1 aromatic carbocycles. The zero-order valence-electron chi connectivity index (χ0n) is 11.0. The van der Waals surface area contributed by atoms with Gasteiger partial charge in [0.05, 0.1) is 11.6 Å². The van der Waals surface area contributed by atoms with Crippen LogP contribution in [0.4, 0.5) is 14.7 Å². The van der Waals surface area contributed by atoms with Crippen molar-refractivity contribution in [1.82, 2.24) is 20.2 Å². The minimum Gasteiger partial charge on any atom is -0.354 e. The van der Waals surface area contributed by atoms with E-state index < -0.39 is 11.6 Å². The van der Waals surface area contributed by atoms with Crippen LogP contribution >= 0.6 is 11.8 Å². The lowest BCUT2D eigenvalue weighted by molar-refractivity contribution is 0.565. The fraction of sp³-hybridized carbons (Fsp3) is 0.154. The van der Waals surface area contributed by atoms with Gasteiger partial charge in [0.1, 0.15) is 16.7 Å². The zero-order valence-corrected chi connectivity index (χ0v) is 11.8. The van der Waals surface area contributed by atoms with E-state index in [4.69, 9.17) is 0 Å². The van der Waals surface area contributed by atoms with E-state index in [2.05, 4.69) is 25.5 Å². The molecule has 0 aliphatic heterocycles. The molecule has 0 amide bonds. The molecule has 21 heavy (non-hydrogen) atoms. The molecule has 0 bridgehead atoms. The fourth-order valence-electron chi connectivity index (χ4n) is 1.79. The third-order valence-electron chi connectivity index (χ3n) is 2.71. The van der Waals surface area contributed by atoms with E-state index >= 15 is 0 Å². The van der Waals surface area contributed by atoms with Crippen LogP contribution in [0.1, 0.15) is 6.92 Å². The molecule has 108 valence electrons. The highest BCUT2D eigenvalue weighted by Crippen LogP contribution is 2.33. The van der Waals surface area contributed by atoms with Gasteiger partial charge in [-0.2, -0.15) is 10.1 Å². The van der Waals surface area contributed by atoms with E-state index in [1.807, 2.05) is 6.92 Å². The van der Waals surface area contributed by atoms with Crippen molar-refractivity contribution >= 4 is 28.7 Å². The standard InChI is InChI=1S/C13H11F2N5S/c1-2-16-13-18-11-8(6-17-20-11)12(19-13)21-10-4-3-7(14)5-9(10)15/h3-6H,2H2,1H3,(H2,16,17,18,19,20). The van der Waals surface area contributed by atoms with Crippen LogP contribution in [0, 0.1) is 11.6 Å². The Morgan fingerprint density at radius 3 is 2.90 bits per heavy atom. The van der Waals surface area contributed by atoms with Crippen molar-refractivity contribution in [3.05, 3.63) is 36.0 Å². The molecule has 0 spiro atoms. The first-order chi connectivity index (χ1) is 10.2. The number of halogens is 2. The molecule has 8 heteroatoms. The van der Waals surface area contributed by atoms with Crippen molar-refractivity contribution in [2.75, 3.05) is 11.9 Å². The quantitative estimate of drug-likeness (QED) is 0.725. The third kappa shape index (κ3) is 2.80. The molecule has 3 rings (SSSR count). The van der Waals surface area contributed by atoms with Gasteiger partial charge in [0, 0.05) is 17.5 Å².